The number of carbonyl (C=O) groups excluding carboxylic acids is 1. The lowest BCUT2D eigenvalue weighted by Gasteiger charge is -2.32. The van der Waals surface area contributed by atoms with Crippen molar-refractivity contribution in [3.63, 3.8) is 0 Å². The fraction of sp³-hybridized carbons (Fsp3) is 0.579. The number of carbonyl (C=O) groups is 1. The summed E-state index contributed by atoms with van der Waals surface area (Å²) in [5, 5.41) is 4.41. The summed E-state index contributed by atoms with van der Waals surface area (Å²) < 4.78 is 6.97. The Balaban J connectivity index is 1.88. The smallest absolute Gasteiger partial charge is 0.248 e. The zero-order chi connectivity index (χ0) is 18.7. The van der Waals surface area contributed by atoms with E-state index < -0.39 is 0 Å². The van der Waals surface area contributed by atoms with Crippen LogP contribution in [0.3, 0.4) is 0 Å². The van der Waals surface area contributed by atoms with Gasteiger partial charge in [-0.05, 0) is 45.7 Å². The van der Waals surface area contributed by atoms with Gasteiger partial charge in [-0.25, -0.2) is 9.97 Å². The van der Waals surface area contributed by atoms with Gasteiger partial charge in [0.25, 0.3) is 0 Å². The Morgan fingerprint density at radius 2 is 2.19 bits per heavy atom. The molecule has 7 nitrogen and oxygen atoms in total. The van der Waals surface area contributed by atoms with Gasteiger partial charge >= 0.3 is 0 Å². The van der Waals surface area contributed by atoms with Crippen molar-refractivity contribution in [2.45, 2.75) is 45.6 Å². The number of aryl methyl sites for hydroxylation is 1. The molecule has 7 heteroatoms. The normalized spacial score (nSPS) is 17.7. The zero-order valence-electron chi connectivity index (χ0n) is 16.0. The average Bonchev–Trinajstić information content (AvgIpc) is 3.12. The van der Waals surface area contributed by atoms with Crippen LogP contribution in [0.1, 0.15) is 50.2 Å². The molecular weight excluding hydrogens is 330 g/mol. The number of nitrogens with zero attached hydrogens (tertiary/aromatic N) is 5. The number of amides is 1. The molecule has 1 aliphatic rings. The largest absolute Gasteiger partial charge is 0.375 e. The van der Waals surface area contributed by atoms with E-state index in [1.165, 1.54) is 0 Å². The van der Waals surface area contributed by atoms with E-state index >= 15 is 0 Å². The maximum atomic E-state index is 12.2. The lowest BCUT2D eigenvalue weighted by Crippen LogP contribution is -2.41. The molecule has 1 aliphatic heterocycles. The van der Waals surface area contributed by atoms with Crippen molar-refractivity contribution in [2.24, 2.45) is 0 Å². The molecule has 0 aromatic carbocycles. The molecule has 1 unspecified atom stereocenters. The summed E-state index contributed by atoms with van der Waals surface area (Å²) in [5.74, 6) is 1.01. The van der Waals surface area contributed by atoms with E-state index in [4.69, 9.17) is 4.74 Å². The Bertz CT molecular complexity index is 771. The first-order valence-electron chi connectivity index (χ1n) is 9.15. The summed E-state index contributed by atoms with van der Waals surface area (Å²) in [6.07, 6.45) is 3.80. The molecule has 0 bridgehead atoms. The van der Waals surface area contributed by atoms with Crippen molar-refractivity contribution in [3.05, 3.63) is 29.8 Å². The van der Waals surface area contributed by atoms with Crippen molar-refractivity contribution in [2.75, 3.05) is 26.8 Å². The quantitative estimate of drug-likeness (QED) is 0.822. The minimum absolute atomic E-state index is 0.0427. The van der Waals surface area contributed by atoms with Gasteiger partial charge in [0.15, 0.2) is 0 Å². The number of aromatic nitrogens is 4. The summed E-state index contributed by atoms with van der Waals surface area (Å²) in [7, 11) is 1.55. The first-order valence-corrected chi connectivity index (χ1v) is 9.15. The lowest BCUT2D eigenvalue weighted by atomic mass is 9.93. The number of rotatable bonds is 5. The van der Waals surface area contributed by atoms with Gasteiger partial charge in [0.05, 0.1) is 11.4 Å². The van der Waals surface area contributed by atoms with Crippen molar-refractivity contribution in [1.82, 2.24) is 24.6 Å². The second kappa shape index (κ2) is 7.95. The predicted octanol–water partition coefficient (Wildman–Crippen LogP) is 2.58. The van der Waals surface area contributed by atoms with Gasteiger partial charge < -0.3 is 9.64 Å². The SMILES string of the molecule is COCC(=O)N1CCCC(c2cc(-c3ccnn3C(C)C)nc(C)n2)C1. The number of likely N-dealkylation sites (tertiary alicyclic amines) is 1. The van der Waals surface area contributed by atoms with Crippen molar-refractivity contribution >= 4 is 5.91 Å². The number of hydrogen-bond donors (Lipinski definition) is 0. The minimum Gasteiger partial charge on any atom is -0.375 e. The Hall–Kier alpha value is -2.28. The van der Waals surface area contributed by atoms with E-state index in [9.17, 15) is 4.79 Å². The molecule has 1 amide bonds. The molecule has 0 saturated carbocycles. The molecule has 0 radical (unpaired) electrons. The highest BCUT2D eigenvalue weighted by atomic mass is 16.5. The van der Waals surface area contributed by atoms with Crippen LogP contribution in [0.25, 0.3) is 11.4 Å². The summed E-state index contributed by atoms with van der Waals surface area (Å²) in [6.45, 7) is 7.73. The second-order valence-electron chi connectivity index (χ2n) is 7.09. The fourth-order valence-corrected chi connectivity index (χ4v) is 3.52. The lowest BCUT2D eigenvalue weighted by molar-refractivity contribution is -0.136. The molecular formula is C19H27N5O2. The third kappa shape index (κ3) is 3.93. The van der Waals surface area contributed by atoms with E-state index in [0.29, 0.717) is 6.54 Å². The molecule has 0 spiro atoms. The van der Waals surface area contributed by atoms with Gasteiger partial charge in [-0.3, -0.25) is 9.48 Å². The number of piperidine rings is 1. The van der Waals surface area contributed by atoms with Crippen LogP contribution in [0.2, 0.25) is 0 Å². The van der Waals surface area contributed by atoms with Gasteiger partial charge in [0, 0.05) is 44.0 Å². The zero-order valence-corrected chi connectivity index (χ0v) is 16.0. The Labute approximate surface area is 154 Å². The number of ether oxygens (including phenoxy) is 1. The fourth-order valence-electron chi connectivity index (χ4n) is 3.52. The molecule has 1 fully saturated rings. The third-order valence-electron chi connectivity index (χ3n) is 4.74. The topological polar surface area (TPSA) is 73.1 Å². The summed E-state index contributed by atoms with van der Waals surface area (Å²) >= 11 is 0. The maximum absolute atomic E-state index is 12.2. The van der Waals surface area contributed by atoms with Crippen LogP contribution < -0.4 is 0 Å². The van der Waals surface area contributed by atoms with Crippen molar-refractivity contribution in [3.8, 4) is 11.4 Å². The molecule has 3 rings (SSSR count). The number of methoxy groups -OCH3 is 1. The Morgan fingerprint density at radius 1 is 1.38 bits per heavy atom. The molecule has 140 valence electrons. The molecule has 0 aliphatic carbocycles. The van der Waals surface area contributed by atoms with Crippen LogP contribution in [-0.4, -0.2) is 57.4 Å². The molecule has 0 N–H and O–H groups in total. The highest BCUT2D eigenvalue weighted by molar-refractivity contribution is 5.77. The molecule has 2 aromatic heterocycles. The number of hydrogen-bond acceptors (Lipinski definition) is 5. The summed E-state index contributed by atoms with van der Waals surface area (Å²) in [5.41, 5.74) is 2.88. The third-order valence-corrected chi connectivity index (χ3v) is 4.74. The molecule has 1 atom stereocenters. The van der Waals surface area contributed by atoms with Gasteiger partial charge in [-0.1, -0.05) is 0 Å². The van der Waals surface area contributed by atoms with E-state index in [0.717, 1.165) is 42.3 Å². The van der Waals surface area contributed by atoms with E-state index in [2.05, 4.69) is 35.0 Å². The molecule has 2 aromatic rings. The van der Waals surface area contributed by atoms with Crippen molar-refractivity contribution in [1.29, 1.82) is 0 Å². The van der Waals surface area contributed by atoms with E-state index in [1.54, 1.807) is 13.3 Å². The van der Waals surface area contributed by atoms with E-state index in [1.807, 2.05) is 22.6 Å². The first kappa shape index (κ1) is 18.5. The highest BCUT2D eigenvalue weighted by Crippen LogP contribution is 2.29. The first-order chi connectivity index (χ1) is 12.5. The highest BCUT2D eigenvalue weighted by Gasteiger charge is 2.26. The molecule has 3 heterocycles. The van der Waals surface area contributed by atoms with Crippen molar-refractivity contribution < 1.29 is 9.53 Å². The van der Waals surface area contributed by atoms with E-state index in [-0.39, 0.29) is 24.5 Å². The second-order valence-corrected chi connectivity index (χ2v) is 7.09. The van der Waals surface area contributed by atoms with Gasteiger partial charge in [-0.15, -0.1) is 0 Å². The minimum atomic E-state index is 0.0427. The Kier molecular flexibility index (Phi) is 5.66. The van der Waals surface area contributed by atoms with Crippen LogP contribution in [0.4, 0.5) is 0 Å². The van der Waals surface area contributed by atoms with Crippen LogP contribution in [0.15, 0.2) is 18.3 Å². The van der Waals surface area contributed by atoms with Crippen LogP contribution >= 0.6 is 0 Å². The van der Waals surface area contributed by atoms with Gasteiger partial charge in [0.1, 0.15) is 12.4 Å². The van der Waals surface area contributed by atoms with Crippen LogP contribution in [-0.2, 0) is 9.53 Å². The predicted molar refractivity (Wildman–Crippen MR) is 98.8 cm³/mol. The van der Waals surface area contributed by atoms with Gasteiger partial charge in [0.2, 0.25) is 5.91 Å². The molecule has 26 heavy (non-hydrogen) atoms. The van der Waals surface area contributed by atoms with Gasteiger partial charge in [-0.2, -0.15) is 5.10 Å². The Morgan fingerprint density at radius 3 is 2.92 bits per heavy atom. The van der Waals surface area contributed by atoms with Crippen LogP contribution in [0, 0.1) is 6.92 Å². The maximum Gasteiger partial charge on any atom is 0.248 e. The summed E-state index contributed by atoms with van der Waals surface area (Å²) in [4.78, 5) is 23.4. The summed E-state index contributed by atoms with van der Waals surface area (Å²) in [6, 6.07) is 4.30. The standard InChI is InChI=1S/C19H27N5O2/c1-13(2)24-18(7-8-20-24)17-10-16(21-14(3)22-17)15-6-5-9-23(11-15)19(25)12-26-4/h7-8,10,13,15H,5-6,9,11-12H2,1-4H3. The monoisotopic (exact) mass is 357 g/mol. The average molecular weight is 357 g/mol. The van der Waals surface area contributed by atoms with Crippen LogP contribution in [0.5, 0.6) is 0 Å². The molecule has 1 saturated heterocycles.